The lowest BCUT2D eigenvalue weighted by atomic mass is 9.96. The molecule has 0 aliphatic rings. The fourth-order valence-corrected chi connectivity index (χ4v) is 2.19. The van der Waals surface area contributed by atoms with E-state index < -0.39 is 29.6 Å². The Kier molecular flexibility index (Phi) is 3.69. The van der Waals surface area contributed by atoms with E-state index in [4.69, 9.17) is 11.6 Å². The zero-order valence-electron chi connectivity index (χ0n) is 9.94. The smallest absolute Gasteiger partial charge is 0.359 e. The summed E-state index contributed by atoms with van der Waals surface area (Å²) in [5.74, 6) is -6.13. The number of para-hydroxylation sites is 1. The molecule has 0 saturated heterocycles. The molecule has 0 aliphatic heterocycles. The molecular weight excluding hydrogens is 324 g/mol. The van der Waals surface area contributed by atoms with Crippen LogP contribution in [-0.4, -0.2) is 23.1 Å². The number of aromatic nitrogens is 1. The van der Waals surface area contributed by atoms with Crippen molar-refractivity contribution in [3.63, 3.8) is 0 Å². The molecule has 0 fully saturated rings. The van der Waals surface area contributed by atoms with Crippen molar-refractivity contribution >= 4 is 28.3 Å². The Labute approximate surface area is 118 Å². The Morgan fingerprint density at radius 3 is 2.19 bits per heavy atom. The van der Waals surface area contributed by atoms with E-state index in [1.807, 2.05) is 0 Å². The van der Waals surface area contributed by atoms with Crippen LogP contribution < -0.4 is 0 Å². The van der Waals surface area contributed by atoms with Crippen LogP contribution in [0.5, 0.6) is 0 Å². The van der Waals surface area contributed by atoms with Gasteiger partial charge in [-0.25, -0.2) is 0 Å². The highest BCUT2D eigenvalue weighted by Gasteiger charge is 2.61. The van der Waals surface area contributed by atoms with Crippen molar-refractivity contribution in [3.8, 4) is 0 Å². The van der Waals surface area contributed by atoms with Gasteiger partial charge in [0.2, 0.25) is 5.92 Å². The van der Waals surface area contributed by atoms with E-state index in [1.165, 1.54) is 18.2 Å². The highest BCUT2D eigenvalue weighted by molar-refractivity contribution is 6.35. The predicted molar refractivity (Wildman–Crippen MR) is 63.2 cm³/mol. The topological polar surface area (TPSA) is 32.9 Å². The minimum absolute atomic E-state index is 0.0853. The van der Waals surface area contributed by atoms with Crippen LogP contribution >= 0.6 is 11.6 Å². The average Bonchev–Trinajstić information content (AvgIpc) is 2.69. The van der Waals surface area contributed by atoms with Crippen LogP contribution in [0.4, 0.5) is 26.3 Å². The van der Waals surface area contributed by atoms with Crippen LogP contribution in [0, 0.1) is 5.92 Å². The minimum atomic E-state index is -5.72. The summed E-state index contributed by atoms with van der Waals surface area (Å²) in [7, 11) is 0. The van der Waals surface area contributed by atoms with Crippen molar-refractivity contribution in [3.05, 3.63) is 35.0 Å². The number of benzene rings is 1. The second kappa shape index (κ2) is 4.94. The number of ketones is 1. The molecule has 0 bridgehead atoms. The van der Waals surface area contributed by atoms with E-state index in [9.17, 15) is 31.1 Å². The number of halogens is 7. The molecule has 0 spiro atoms. The van der Waals surface area contributed by atoms with Crippen LogP contribution in [0.25, 0.3) is 10.9 Å². The van der Waals surface area contributed by atoms with Gasteiger partial charge in [0.05, 0.1) is 10.5 Å². The van der Waals surface area contributed by atoms with Crippen molar-refractivity contribution in [1.29, 1.82) is 0 Å². The maximum Gasteiger partial charge on any atom is 0.407 e. The molecule has 0 radical (unpaired) electrons. The fraction of sp³-hybridized carbons (Fsp3) is 0.250. The summed E-state index contributed by atoms with van der Waals surface area (Å²) >= 11 is 5.75. The van der Waals surface area contributed by atoms with Gasteiger partial charge in [-0.15, -0.1) is 0 Å². The Balaban J connectivity index is 2.58. The zero-order valence-corrected chi connectivity index (χ0v) is 10.7. The first-order valence-electron chi connectivity index (χ1n) is 5.46. The number of hydrogen-bond acceptors (Lipinski definition) is 1. The summed E-state index contributed by atoms with van der Waals surface area (Å²) in [6.45, 7) is 0. The van der Waals surface area contributed by atoms with Crippen molar-refractivity contribution in [2.45, 2.75) is 12.4 Å². The molecule has 2 aromatic rings. The van der Waals surface area contributed by atoms with Crippen LogP contribution in [0.3, 0.4) is 0 Å². The number of rotatable bonds is 2. The second-order valence-corrected chi connectivity index (χ2v) is 4.65. The standard InChI is InChI=1S/C12H6ClF6NO/c13-7-3-1-2-5-6(4-20-8(5)7)9(21)10(11(14,15)16)12(17,18)19/h1-4,10,20H. The van der Waals surface area contributed by atoms with E-state index in [0.29, 0.717) is 0 Å². The second-order valence-electron chi connectivity index (χ2n) is 4.25. The molecular formula is C12H6ClF6NO. The molecule has 1 aromatic carbocycles. The van der Waals surface area contributed by atoms with Crippen molar-refractivity contribution < 1.29 is 31.1 Å². The van der Waals surface area contributed by atoms with E-state index in [2.05, 4.69) is 4.98 Å². The van der Waals surface area contributed by atoms with Gasteiger partial charge >= 0.3 is 12.4 Å². The quantitative estimate of drug-likeness (QED) is 0.626. The number of carbonyl (C=O) groups is 1. The van der Waals surface area contributed by atoms with E-state index in [1.54, 1.807) is 0 Å². The predicted octanol–water partition coefficient (Wildman–Crippen LogP) is 4.74. The van der Waals surface area contributed by atoms with Crippen molar-refractivity contribution in [1.82, 2.24) is 4.98 Å². The lowest BCUT2D eigenvalue weighted by molar-refractivity contribution is -0.264. The molecule has 114 valence electrons. The summed E-state index contributed by atoms with van der Waals surface area (Å²) in [5.41, 5.74) is -0.599. The Hall–Kier alpha value is -1.70. The fourth-order valence-electron chi connectivity index (χ4n) is 1.96. The van der Waals surface area contributed by atoms with E-state index in [0.717, 1.165) is 6.20 Å². The van der Waals surface area contributed by atoms with Gasteiger partial charge in [-0.05, 0) is 6.07 Å². The first-order valence-corrected chi connectivity index (χ1v) is 5.84. The van der Waals surface area contributed by atoms with Gasteiger partial charge in [-0.3, -0.25) is 4.79 Å². The first-order chi connectivity index (χ1) is 9.53. The summed E-state index contributed by atoms with van der Waals surface area (Å²) < 4.78 is 75.4. The molecule has 0 atom stereocenters. The first kappa shape index (κ1) is 15.7. The minimum Gasteiger partial charge on any atom is -0.359 e. The number of hydrogen-bond donors (Lipinski definition) is 1. The van der Waals surface area contributed by atoms with Gasteiger partial charge in [0.15, 0.2) is 5.78 Å². The molecule has 1 heterocycles. The number of H-pyrrole nitrogens is 1. The molecule has 21 heavy (non-hydrogen) atoms. The number of carbonyl (C=O) groups excluding carboxylic acids is 1. The molecule has 2 nitrogen and oxygen atoms in total. The van der Waals surface area contributed by atoms with Gasteiger partial charge in [0, 0.05) is 17.1 Å². The van der Waals surface area contributed by atoms with Crippen molar-refractivity contribution in [2.24, 2.45) is 5.92 Å². The van der Waals surface area contributed by atoms with Gasteiger partial charge in [0.25, 0.3) is 0 Å². The monoisotopic (exact) mass is 329 g/mol. The van der Waals surface area contributed by atoms with Gasteiger partial charge < -0.3 is 4.98 Å². The number of alkyl halides is 6. The molecule has 0 amide bonds. The largest absolute Gasteiger partial charge is 0.407 e. The van der Waals surface area contributed by atoms with Crippen LogP contribution in [0.1, 0.15) is 10.4 Å². The zero-order chi connectivity index (χ0) is 16.0. The van der Waals surface area contributed by atoms with Gasteiger partial charge in [-0.2, -0.15) is 26.3 Å². The Morgan fingerprint density at radius 2 is 1.67 bits per heavy atom. The Morgan fingerprint density at radius 1 is 1.10 bits per heavy atom. The molecule has 1 aromatic heterocycles. The average molecular weight is 330 g/mol. The molecule has 0 saturated carbocycles. The molecule has 0 aliphatic carbocycles. The number of nitrogens with one attached hydrogen (secondary N) is 1. The number of fused-ring (bicyclic) bond motifs is 1. The number of Topliss-reactive ketones (excluding diaryl/α,β-unsaturated/α-hetero) is 1. The number of aromatic amines is 1. The molecule has 9 heteroatoms. The summed E-state index contributed by atoms with van der Waals surface area (Å²) in [5, 5.41) is -0.00637. The maximum absolute atomic E-state index is 12.6. The van der Waals surface area contributed by atoms with Gasteiger partial charge in [-0.1, -0.05) is 23.7 Å². The normalized spacial score (nSPS) is 13.1. The highest BCUT2D eigenvalue weighted by atomic mass is 35.5. The molecule has 2 rings (SSSR count). The van der Waals surface area contributed by atoms with E-state index >= 15 is 0 Å². The van der Waals surface area contributed by atoms with Crippen LogP contribution in [0.2, 0.25) is 5.02 Å². The summed E-state index contributed by atoms with van der Waals surface area (Å²) in [6, 6.07) is 3.93. The van der Waals surface area contributed by atoms with Crippen molar-refractivity contribution in [2.75, 3.05) is 0 Å². The van der Waals surface area contributed by atoms with E-state index in [-0.39, 0.29) is 15.9 Å². The SMILES string of the molecule is O=C(c1c[nH]c2c(Cl)cccc12)C(C(F)(F)F)C(F)(F)F. The third-order valence-corrected chi connectivity index (χ3v) is 3.16. The third-order valence-electron chi connectivity index (χ3n) is 2.85. The molecule has 1 N–H and O–H groups in total. The Bertz CT molecular complexity index is 673. The highest BCUT2D eigenvalue weighted by Crippen LogP contribution is 2.42. The van der Waals surface area contributed by atoms with Crippen LogP contribution in [0.15, 0.2) is 24.4 Å². The summed E-state index contributed by atoms with van der Waals surface area (Å²) in [6.07, 6.45) is -10.7. The van der Waals surface area contributed by atoms with Gasteiger partial charge in [0.1, 0.15) is 0 Å². The lowest BCUT2D eigenvalue weighted by Crippen LogP contribution is -2.42. The molecule has 0 unspecified atom stereocenters. The lowest BCUT2D eigenvalue weighted by Gasteiger charge is -2.21. The third kappa shape index (κ3) is 2.85. The maximum atomic E-state index is 12.6. The summed E-state index contributed by atoms with van der Waals surface area (Å²) in [4.78, 5) is 14.1. The van der Waals surface area contributed by atoms with Crippen LogP contribution in [-0.2, 0) is 0 Å².